The van der Waals surface area contributed by atoms with Gasteiger partial charge in [0.15, 0.2) is 5.16 Å². The maximum Gasteiger partial charge on any atom is 0.251 e. The summed E-state index contributed by atoms with van der Waals surface area (Å²) in [6.45, 7) is 2.98. The number of fused-ring (bicyclic) bond motifs is 1. The zero-order valence-electron chi connectivity index (χ0n) is 16.6. The molecular formula is C19H24N6O3S2. The number of thioether (sulfide) groups is 1. The number of primary amides is 1. The molecule has 1 saturated carbocycles. The minimum atomic E-state index is -0.471. The third-order valence-corrected chi connectivity index (χ3v) is 7.76. The van der Waals surface area contributed by atoms with Crippen molar-refractivity contribution in [1.29, 1.82) is 0 Å². The molecule has 160 valence electrons. The quantitative estimate of drug-likeness (QED) is 0.621. The Bertz CT molecular complexity index is 977. The molecule has 2 aromatic heterocycles. The number of thiophene rings is 1. The first kappa shape index (κ1) is 19.8. The Morgan fingerprint density at radius 3 is 2.77 bits per heavy atom. The molecular weight excluding hydrogens is 424 g/mol. The molecule has 2 aromatic rings. The van der Waals surface area contributed by atoms with Gasteiger partial charge in [0, 0.05) is 24.0 Å². The van der Waals surface area contributed by atoms with E-state index in [0.717, 1.165) is 66.7 Å². The summed E-state index contributed by atoms with van der Waals surface area (Å²) in [7, 11) is 0. The van der Waals surface area contributed by atoms with Crippen LogP contribution in [0, 0.1) is 0 Å². The van der Waals surface area contributed by atoms with Gasteiger partial charge in [-0.1, -0.05) is 11.8 Å². The smallest absolute Gasteiger partial charge is 0.251 e. The standard InChI is InChI=1S/C19H24N6O3S2/c20-16(27)15-12-2-1-3-13(12)30-17(15)21-14(26)10-29-19-23-22-18(25(19)11-4-5-11)24-6-8-28-9-7-24/h11H,1-10H2,(H2,20,27)(H,21,26). The summed E-state index contributed by atoms with van der Waals surface area (Å²) >= 11 is 2.85. The van der Waals surface area contributed by atoms with E-state index in [1.165, 1.54) is 23.1 Å². The van der Waals surface area contributed by atoms with Gasteiger partial charge in [-0.2, -0.15) is 0 Å². The summed E-state index contributed by atoms with van der Waals surface area (Å²) in [5.74, 6) is 0.436. The van der Waals surface area contributed by atoms with Crippen molar-refractivity contribution in [3.8, 4) is 0 Å². The first-order chi connectivity index (χ1) is 14.6. The monoisotopic (exact) mass is 448 g/mol. The molecule has 3 heterocycles. The van der Waals surface area contributed by atoms with E-state index in [9.17, 15) is 9.59 Å². The number of amides is 2. The maximum atomic E-state index is 12.6. The average molecular weight is 449 g/mol. The van der Waals surface area contributed by atoms with E-state index in [1.807, 2.05) is 0 Å². The van der Waals surface area contributed by atoms with Crippen molar-refractivity contribution in [3.05, 3.63) is 16.0 Å². The number of anilines is 2. The van der Waals surface area contributed by atoms with E-state index in [2.05, 4.69) is 25.0 Å². The zero-order chi connectivity index (χ0) is 20.7. The third-order valence-electron chi connectivity index (χ3n) is 5.61. The second-order valence-corrected chi connectivity index (χ2v) is 9.79. The number of ether oxygens (including phenoxy) is 1. The van der Waals surface area contributed by atoms with Crippen LogP contribution in [0.2, 0.25) is 0 Å². The fourth-order valence-corrected chi connectivity index (χ4v) is 6.16. The van der Waals surface area contributed by atoms with Crippen LogP contribution in [-0.2, 0) is 22.4 Å². The maximum absolute atomic E-state index is 12.6. The fraction of sp³-hybridized carbons (Fsp3) is 0.579. The lowest BCUT2D eigenvalue weighted by molar-refractivity contribution is -0.113. The van der Waals surface area contributed by atoms with Gasteiger partial charge in [-0.05, 0) is 37.7 Å². The Balaban J connectivity index is 1.27. The van der Waals surface area contributed by atoms with Gasteiger partial charge in [0.2, 0.25) is 11.9 Å². The summed E-state index contributed by atoms with van der Waals surface area (Å²) in [4.78, 5) is 27.9. The number of carbonyl (C=O) groups is 2. The van der Waals surface area contributed by atoms with E-state index in [-0.39, 0.29) is 11.7 Å². The average Bonchev–Trinajstić information content (AvgIpc) is 3.17. The van der Waals surface area contributed by atoms with Gasteiger partial charge in [0.1, 0.15) is 5.00 Å². The molecule has 0 spiro atoms. The van der Waals surface area contributed by atoms with Crippen molar-refractivity contribution in [2.45, 2.75) is 43.3 Å². The van der Waals surface area contributed by atoms with Gasteiger partial charge >= 0.3 is 0 Å². The highest BCUT2D eigenvalue weighted by atomic mass is 32.2. The van der Waals surface area contributed by atoms with Gasteiger partial charge in [-0.3, -0.25) is 14.2 Å². The lowest BCUT2D eigenvalue weighted by Crippen LogP contribution is -2.38. The molecule has 2 aliphatic carbocycles. The van der Waals surface area contributed by atoms with Gasteiger partial charge in [0.25, 0.3) is 5.91 Å². The molecule has 5 rings (SSSR count). The summed E-state index contributed by atoms with van der Waals surface area (Å²) in [5.41, 5.74) is 7.08. The molecule has 0 atom stereocenters. The van der Waals surface area contributed by atoms with E-state index in [4.69, 9.17) is 10.5 Å². The first-order valence-corrected chi connectivity index (χ1v) is 12.1. The molecule has 3 aliphatic rings. The van der Waals surface area contributed by atoms with Crippen LogP contribution in [0.5, 0.6) is 0 Å². The number of nitrogens with zero attached hydrogens (tertiary/aromatic N) is 4. The number of hydrogen-bond donors (Lipinski definition) is 2. The van der Waals surface area contributed by atoms with Crippen LogP contribution in [0.3, 0.4) is 0 Å². The van der Waals surface area contributed by atoms with E-state index < -0.39 is 5.91 Å². The highest BCUT2D eigenvalue weighted by molar-refractivity contribution is 7.99. The molecule has 0 unspecified atom stereocenters. The number of morpholine rings is 1. The van der Waals surface area contributed by atoms with Gasteiger partial charge in [-0.25, -0.2) is 0 Å². The molecule has 9 nitrogen and oxygen atoms in total. The fourth-order valence-electron chi connectivity index (χ4n) is 4.04. The first-order valence-electron chi connectivity index (χ1n) is 10.3. The summed E-state index contributed by atoms with van der Waals surface area (Å²) < 4.78 is 7.60. The third kappa shape index (κ3) is 3.81. The van der Waals surface area contributed by atoms with Crippen molar-refractivity contribution >= 4 is 45.9 Å². The van der Waals surface area contributed by atoms with Crippen molar-refractivity contribution in [2.75, 3.05) is 42.3 Å². The van der Waals surface area contributed by atoms with Crippen molar-refractivity contribution in [1.82, 2.24) is 14.8 Å². The molecule has 3 N–H and O–H groups in total. The molecule has 30 heavy (non-hydrogen) atoms. The SMILES string of the molecule is NC(=O)c1c(NC(=O)CSc2nnc(N3CCOCC3)n2C2CC2)sc2c1CCC2. The molecule has 2 fully saturated rings. The Morgan fingerprint density at radius 1 is 1.23 bits per heavy atom. The summed E-state index contributed by atoms with van der Waals surface area (Å²) in [6, 6.07) is 0.408. The Labute approximate surface area is 182 Å². The second kappa shape index (κ2) is 8.20. The van der Waals surface area contributed by atoms with Crippen LogP contribution in [0.4, 0.5) is 10.9 Å². The molecule has 1 saturated heterocycles. The number of nitrogens with one attached hydrogen (secondary N) is 1. The Hall–Kier alpha value is -2.11. The highest BCUT2D eigenvalue weighted by Gasteiger charge is 2.32. The number of hydrogen-bond acceptors (Lipinski definition) is 8. The van der Waals surface area contributed by atoms with Crippen molar-refractivity contribution in [3.63, 3.8) is 0 Å². The van der Waals surface area contributed by atoms with E-state index in [1.54, 1.807) is 0 Å². The largest absolute Gasteiger partial charge is 0.378 e. The molecule has 0 aromatic carbocycles. The molecule has 1 aliphatic heterocycles. The lowest BCUT2D eigenvalue weighted by Gasteiger charge is -2.27. The normalized spacial score (nSPS) is 18.5. The topological polar surface area (TPSA) is 115 Å². The van der Waals surface area contributed by atoms with Crippen LogP contribution in [0.1, 0.15) is 46.1 Å². The van der Waals surface area contributed by atoms with Crippen LogP contribution >= 0.6 is 23.1 Å². The molecule has 0 radical (unpaired) electrons. The summed E-state index contributed by atoms with van der Waals surface area (Å²) in [5, 5.41) is 13.0. The number of aryl methyl sites for hydroxylation is 1. The van der Waals surface area contributed by atoms with Crippen LogP contribution in [0.25, 0.3) is 0 Å². The Kier molecular flexibility index (Phi) is 5.42. The predicted octanol–water partition coefficient (Wildman–Crippen LogP) is 1.83. The number of carbonyl (C=O) groups excluding carboxylic acids is 2. The number of nitrogens with two attached hydrogens (primary N) is 1. The predicted molar refractivity (Wildman–Crippen MR) is 116 cm³/mol. The van der Waals surface area contributed by atoms with Crippen LogP contribution in [-0.4, -0.2) is 58.6 Å². The van der Waals surface area contributed by atoms with E-state index >= 15 is 0 Å². The molecule has 2 amide bonds. The number of rotatable bonds is 7. The van der Waals surface area contributed by atoms with Crippen molar-refractivity contribution in [2.24, 2.45) is 5.73 Å². The molecule has 11 heteroatoms. The van der Waals surface area contributed by atoms with Gasteiger partial charge in [0.05, 0.1) is 24.5 Å². The lowest BCUT2D eigenvalue weighted by atomic mass is 10.1. The zero-order valence-corrected chi connectivity index (χ0v) is 18.2. The summed E-state index contributed by atoms with van der Waals surface area (Å²) in [6.07, 6.45) is 5.05. The van der Waals surface area contributed by atoms with Gasteiger partial charge < -0.3 is 20.7 Å². The minimum absolute atomic E-state index is 0.166. The Morgan fingerprint density at radius 2 is 2.03 bits per heavy atom. The van der Waals surface area contributed by atoms with Crippen LogP contribution in [0.15, 0.2) is 5.16 Å². The second-order valence-electron chi connectivity index (χ2n) is 7.75. The minimum Gasteiger partial charge on any atom is -0.378 e. The van der Waals surface area contributed by atoms with E-state index in [0.29, 0.717) is 29.8 Å². The van der Waals surface area contributed by atoms with Gasteiger partial charge in [-0.15, -0.1) is 21.5 Å². The highest BCUT2D eigenvalue weighted by Crippen LogP contribution is 2.41. The van der Waals surface area contributed by atoms with Crippen LogP contribution < -0.4 is 16.0 Å². The number of aromatic nitrogens is 3. The van der Waals surface area contributed by atoms with Crippen molar-refractivity contribution < 1.29 is 14.3 Å². The molecule has 0 bridgehead atoms.